The van der Waals surface area contributed by atoms with Crippen molar-refractivity contribution in [1.82, 2.24) is 15.1 Å². The van der Waals surface area contributed by atoms with E-state index >= 15 is 0 Å². The Morgan fingerprint density at radius 2 is 2.26 bits per heavy atom. The highest BCUT2D eigenvalue weighted by Gasteiger charge is 2.11. The summed E-state index contributed by atoms with van der Waals surface area (Å²) >= 11 is 0. The highest BCUT2D eigenvalue weighted by Crippen LogP contribution is 2.15. The van der Waals surface area contributed by atoms with Crippen LogP contribution in [-0.2, 0) is 13.5 Å². The van der Waals surface area contributed by atoms with Crippen molar-refractivity contribution in [3.05, 3.63) is 47.3 Å². The van der Waals surface area contributed by atoms with Gasteiger partial charge in [0.1, 0.15) is 0 Å². The van der Waals surface area contributed by atoms with Crippen molar-refractivity contribution in [1.29, 1.82) is 0 Å². The lowest BCUT2D eigenvalue weighted by Crippen LogP contribution is -2.27. The molecule has 3 N–H and O–H groups in total. The quantitative estimate of drug-likeness (QED) is 0.811. The molecule has 0 atom stereocenters. The molecule has 0 saturated heterocycles. The number of nitrogens with two attached hydrogens (primary N) is 1. The number of carbonyl (C=O) groups is 1. The van der Waals surface area contributed by atoms with Gasteiger partial charge >= 0.3 is 0 Å². The average Bonchev–Trinajstić information content (AvgIpc) is 2.75. The maximum absolute atomic E-state index is 12.1. The molecule has 1 amide bonds. The van der Waals surface area contributed by atoms with Gasteiger partial charge in [0.25, 0.3) is 5.91 Å². The van der Waals surface area contributed by atoms with Crippen LogP contribution >= 0.6 is 0 Å². The van der Waals surface area contributed by atoms with Gasteiger partial charge in [-0.3, -0.25) is 9.48 Å². The first-order valence-electron chi connectivity index (χ1n) is 6.18. The Labute approximate surface area is 112 Å². The topological polar surface area (TPSA) is 72.9 Å². The fourth-order valence-corrected chi connectivity index (χ4v) is 2.01. The first-order valence-corrected chi connectivity index (χ1v) is 6.18. The Bertz CT molecular complexity index is 569. The van der Waals surface area contributed by atoms with Gasteiger partial charge in [-0.15, -0.1) is 0 Å². The lowest BCUT2D eigenvalue weighted by Gasteiger charge is -2.09. The van der Waals surface area contributed by atoms with Crippen molar-refractivity contribution in [2.75, 3.05) is 12.3 Å². The first kappa shape index (κ1) is 13.1. The van der Waals surface area contributed by atoms with Crippen LogP contribution in [0.5, 0.6) is 0 Å². The number of carbonyl (C=O) groups excluding carboxylic acids is 1. The zero-order valence-corrected chi connectivity index (χ0v) is 11.2. The van der Waals surface area contributed by atoms with E-state index < -0.39 is 0 Å². The lowest BCUT2D eigenvalue weighted by atomic mass is 10.1. The Kier molecular flexibility index (Phi) is 3.85. The summed E-state index contributed by atoms with van der Waals surface area (Å²) in [5, 5.41) is 6.97. The molecule has 1 aromatic carbocycles. The number of hydrogen-bond acceptors (Lipinski definition) is 3. The van der Waals surface area contributed by atoms with Crippen LogP contribution in [0.1, 0.15) is 21.5 Å². The van der Waals surface area contributed by atoms with Gasteiger partial charge in [-0.2, -0.15) is 5.10 Å². The van der Waals surface area contributed by atoms with E-state index in [1.807, 2.05) is 32.3 Å². The molecule has 100 valence electrons. The van der Waals surface area contributed by atoms with Crippen molar-refractivity contribution in [3.8, 4) is 0 Å². The summed E-state index contributed by atoms with van der Waals surface area (Å²) < 4.78 is 1.75. The highest BCUT2D eigenvalue weighted by molar-refractivity contribution is 6.00. The second kappa shape index (κ2) is 5.56. The van der Waals surface area contributed by atoms with Gasteiger partial charge in [0.2, 0.25) is 0 Å². The zero-order valence-electron chi connectivity index (χ0n) is 11.2. The molecule has 0 bridgehead atoms. The number of nitrogens with one attached hydrogen (secondary N) is 1. The molecule has 1 heterocycles. The van der Waals surface area contributed by atoms with Crippen molar-refractivity contribution in [3.63, 3.8) is 0 Å². The van der Waals surface area contributed by atoms with Crippen molar-refractivity contribution in [2.24, 2.45) is 7.05 Å². The number of hydrogen-bond donors (Lipinski definition) is 2. The number of aromatic nitrogens is 2. The standard InChI is InChI=1S/C14H18N4O/c1-10-4-3-5-12(15)13(10)14(19)16-7-6-11-8-17-18(2)9-11/h3-5,8-9H,6-7,15H2,1-2H3,(H,16,19). The molecule has 0 saturated carbocycles. The summed E-state index contributed by atoms with van der Waals surface area (Å²) in [4.78, 5) is 12.1. The number of amides is 1. The van der Waals surface area contributed by atoms with E-state index in [1.54, 1.807) is 16.9 Å². The number of nitrogens with zero attached hydrogens (tertiary/aromatic N) is 2. The molecular formula is C14H18N4O. The molecule has 2 aromatic rings. The molecule has 0 radical (unpaired) electrons. The smallest absolute Gasteiger partial charge is 0.253 e. The molecule has 0 unspecified atom stereocenters. The van der Waals surface area contributed by atoms with Crippen LogP contribution in [-0.4, -0.2) is 22.2 Å². The van der Waals surface area contributed by atoms with Gasteiger partial charge in [-0.25, -0.2) is 0 Å². The molecule has 5 nitrogen and oxygen atoms in total. The van der Waals surface area contributed by atoms with Crippen molar-refractivity contribution in [2.45, 2.75) is 13.3 Å². The molecule has 0 spiro atoms. The fourth-order valence-electron chi connectivity index (χ4n) is 2.01. The van der Waals surface area contributed by atoms with Crippen LogP contribution < -0.4 is 11.1 Å². The summed E-state index contributed by atoms with van der Waals surface area (Å²) in [6.45, 7) is 2.45. The summed E-state index contributed by atoms with van der Waals surface area (Å²) in [5.74, 6) is -0.125. The predicted octanol–water partition coefficient (Wildman–Crippen LogP) is 1.28. The second-order valence-electron chi connectivity index (χ2n) is 4.57. The SMILES string of the molecule is Cc1cccc(N)c1C(=O)NCCc1cnn(C)c1. The molecule has 0 aliphatic rings. The molecule has 0 aliphatic carbocycles. The van der Waals surface area contributed by atoms with Crippen LogP contribution in [0.2, 0.25) is 0 Å². The number of nitrogen functional groups attached to an aromatic ring is 1. The Morgan fingerprint density at radius 3 is 2.89 bits per heavy atom. The molecule has 2 rings (SSSR count). The van der Waals surface area contributed by atoms with Crippen LogP contribution in [0.3, 0.4) is 0 Å². The molecule has 5 heteroatoms. The largest absolute Gasteiger partial charge is 0.398 e. The molecule has 0 aliphatic heterocycles. The third kappa shape index (κ3) is 3.13. The molecule has 19 heavy (non-hydrogen) atoms. The minimum atomic E-state index is -0.125. The van der Waals surface area contributed by atoms with E-state index in [1.165, 1.54) is 0 Å². The molecule has 0 fully saturated rings. The zero-order chi connectivity index (χ0) is 13.8. The second-order valence-corrected chi connectivity index (χ2v) is 4.57. The fraction of sp³-hybridized carbons (Fsp3) is 0.286. The van der Waals surface area contributed by atoms with Gasteiger partial charge in [0.15, 0.2) is 0 Å². The lowest BCUT2D eigenvalue weighted by molar-refractivity contribution is 0.0954. The maximum atomic E-state index is 12.1. The van der Waals surface area contributed by atoms with Crippen LogP contribution in [0.15, 0.2) is 30.6 Å². The normalized spacial score (nSPS) is 10.4. The molecular weight excluding hydrogens is 240 g/mol. The van der Waals surface area contributed by atoms with Crippen LogP contribution in [0.25, 0.3) is 0 Å². The van der Waals surface area contributed by atoms with E-state index in [0.717, 1.165) is 17.5 Å². The van der Waals surface area contributed by atoms with Gasteiger partial charge in [-0.05, 0) is 30.5 Å². The Balaban J connectivity index is 1.94. The summed E-state index contributed by atoms with van der Waals surface area (Å²) in [6.07, 6.45) is 4.49. The number of aryl methyl sites for hydroxylation is 2. The van der Waals surface area contributed by atoms with Gasteiger partial charge < -0.3 is 11.1 Å². The summed E-state index contributed by atoms with van der Waals surface area (Å²) in [6, 6.07) is 5.46. The van der Waals surface area contributed by atoms with Gasteiger partial charge in [0.05, 0.1) is 11.8 Å². The van der Waals surface area contributed by atoms with Crippen molar-refractivity contribution >= 4 is 11.6 Å². The number of rotatable bonds is 4. The Hall–Kier alpha value is -2.30. The van der Waals surface area contributed by atoms with Crippen LogP contribution in [0, 0.1) is 6.92 Å². The minimum Gasteiger partial charge on any atom is -0.398 e. The highest BCUT2D eigenvalue weighted by atomic mass is 16.1. The van der Waals surface area contributed by atoms with E-state index in [4.69, 9.17) is 5.73 Å². The van der Waals surface area contributed by atoms with Gasteiger partial charge in [-0.1, -0.05) is 12.1 Å². The summed E-state index contributed by atoms with van der Waals surface area (Å²) in [5.41, 5.74) is 8.90. The molecule has 1 aromatic heterocycles. The predicted molar refractivity (Wildman–Crippen MR) is 74.8 cm³/mol. The number of benzene rings is 1. The third-order valence-electron chi connectivity index (χ3n) is 2.99. The number of anilines is 1. The van der Waals surface area contributed by atoms with E-state index in [-0.39, 0.29) is 5.91 Å². The summed E-state index contributed by atoms with van der Waals surface area (Å²) in [7, 11) is 1.87. The average molecular weight is 258 g/mol. The third-order valence-corrected chi connectivity index (χ3v) is 2.99. The monoisotopic (exact) mass is 258 g/mol. The Morgan fingerprint density at radius 1 is 1.47 bits per heavy atom. The van der Waals surface area contributed by atoms with E-state index in [9.17, 15) is 4.79 Å². The first-order chi connectivity index (χ1) is 9.08. The van der Waals surface area contributed by atoms with Crippen molar-refractivity contribution < 1.29 is 4.79 Å². The minimum absolute atomic E-state index is 0.125. The van der Waals surface area contributed by atoms with E-state index in [0.29, 0.717) is 17.8 Å². The van der Waals surface area contributed by atoms with E-state index in [2.05, 4.69) is 10.4 Å². The van der Waals surface area contributed by atoms with Crippen LogP contribution in [0.4, 0.5) is 5.69 Å². The maximum Gasteiger partial charge on any atom is 0.253 e. The van der Waals surface area contributed by atoms with Gasteiger partial charge in [0, 0.05) is 25.5 Å².